The van der Waals surface area contributed by atoms with Gasteiger partial charge in [-0.05, 0) is 59.9 Å². The molecule has 1 heterocycles. The van der Waals surface area contributed by atoms with Crippen molar-refractivity contribution in [1.82, 2.24) is 10.2 Å². The summed E-state index contributed by atoms with van der Waals surface area (Å²) < 4.78 is 14.3. The van der Waals surface area contributed by atoms with Crippen molar-refractivity contribution in [2.75, 3.05) is 20.6 Å². The van der Waals surface area contributed by atoms with Crippen LogP contribution in [0.15, 0.2) is 40.2 Å². The van der Waals surface area contributed by atoms with Crippen molar-refractivity contribution < 1.29 is 9.18 Å². The molecule has 1 atom stereocenters. The van der Waals surface area contributed by atoms with Gasteiger partial charge in [-0.25, -0.2) is 4.39 Å². The molecule has 0 bridgehead atoms. The van der Waals surface area contributed by atoms with Gasteiger partial charge in [-0.3, -0.25) is 4.79 Å². The Morgan fingerprint density at radius 1 is 1.38 bits per heavy atom. The average molecular weight is 371 g/mol. The summed E-state index contributed by atoms with van der Waals surface area (Å²) in [6.45, 7) is 0.421. The number of carbonyl (C=O) groups is 1. The molecule has 2 rings (SSSR count). The number of likely N-dealkylation sites (N-methyl/N-ethyl adjacent to an activating group) is 1. The number of hydrogen-bond acceptors (Lipinski definition) is 3. The molecule has 1 amide bonds. The van der Waals surface area contributed by atoms with E-state index in [0.717, 1.165) is 9.35 Å². The first-order valence-electron chi connectivity index (χ1n) is 6.43. The normalized spacial score (nSPS) is 12.4. The summed E-state index contributed by atoms with van der Waals surface area (Å²) in [5, 5.41) is 2.90. The lowest BCUT2D eigenvalue weighted by Gasteiger charge is -2.25. The zero-order chi connectivity index (χ0) is 15.4. The highest BCUT2D eigenvalue weighted by Gasteiger charge is 2.17. The van der Waals surface area contributed by atoms with E-state index in [1.165, 1.54) is 23.5 Å². The molecule has 0 aliphatic heterocycles. The molecular formula is C15H16BrFN2OS. The van der Waals surface area contributed by atoms with Gasteiger partial charge in [0.25, 0.3) is 5.91 Å². The second-order valence-corrected chi connectivity index (χ2v) is 7.31. The zero-order valence-corrected chi connectivity index (χ0v) is 14.2. The van der Waals surface area contributed by atoms with Crippen LogP contribution in [0.1, 0.15) is 21.3 Å². The molecule has 3 nitrogen and oxygen atoms in total. The minimum atomic E-state index is -0.270. The fourth-order valence-electron chi connectivity index (χ4n) is 2.03. The molecular weight excluding hydrogens is 355 g/mol. The molecule has 1 aromatic carbocycles. The SMILES string of the molecule is CN(C)C(CNC(=O)c1ccc(Br)s1)c1cccc(F)c1. The van der Waals surface area contributed by atoms with Gasteiger partial charge in [-0.1, -0.05) is 12.1 Å². The van der Waals surface area contributed by atoms with Gasteiger partial charge in [0.15, 0.2) is 0 Å². The minimum absolute atomic E-state index is 0.0759. The molecule has 112 valence electrons. The third-order valence-corrected chi connectivity index (χ3v) is 4.73. The van der Waals surface area contributed by atoms with Crippen LogP contribution in [0, 0.1) is 5.82 Å². The highest BCUT2D eigenvalue weighted by molar-refractivity contribution is 9.11. The fourth-order valence-corrected chi connectivity index (χ4v) is 3.33. The Labute approximate surface area is 135 Å². The van der Waals surface area contributed by atoms with E-state index in [1.807, 2.05) is 31.1 Å². The van der Waals surface area contributed by atoms with Gasteiger partial charge in [0, 0.05) is 6.54 Å². The number of rotatable bonds is 5. The van der Waals surface area contributed by atoms with Crippen LogP contribution < -0.4 is 5.32 Å². The summed E-state index contributed by atoms with van der Waals surface area (Å²) in [5.41, 5.74) is 0.840. The van der Waals surface area contributed by atoms with Gasteiger partial charge in [0.2, 0.25) is 0 Å². The molecule has 6 heteroatoms. The molecule has 21 heavy (non-hydrogen) atoms. The third kappa shape index (κ3) is 4.36. The predicted molar refractivity (Wildman–Crippen MR) is 87.2 cm³/mol. The summed E-state index contributed by atoms with van der Waals surface area (Å²) in [6.07, 6.45) is 0. The smallest absolute Gasteiger partial charge is 0.261 e. The first-order valence-corrected chi connectivity index (χ1v) is 8.03. The molecule has 0 radical (unpaired) electrons. The minimum Gasteiger partial charge on any atom is -0.349 e. The maximum absolute atomic E-state index is 13.3. The molecule has 0 saturated carbocycles. The Bertz CT molecular complexity index is 630. The summed E-state index contributed by atoms with van der Waals surface area (Å²) in [6, 6.07) is 10.00. The number of hydrogen-bond donors (Lipinski definition) is 1. The van der Waals surface area contributed by atoms with Crippen molar-refractivity contribution in [3.8, 4) is 0 Å². The lowest BCUT2D eigenvalue weighted by atomic mass is 10.1. The van der Waals surface area contributed by atoms with E-state index in [0.29, 0.717) is 11.4 Å². The molecule has 0 aliphatic rings. The Morgan fingerprint density at radius 3 is 2.71 bits per heavy atom. The summed E-state index contributed by atoms with van der Waals surface area (Å²) in [5.74, 6) is -0.387. The van der Waals surface area contributed by atoms with Crippen molar-refractivity contribution in [2.45, 2.75) is 6.04 Å². The Balaban J connectivity index is 2.05. The second kappa shape index (κ2) is 7.15. The topological polar surface area (TPSA) is 32.3 Å². The summed E-state index contributed by atoms with van der Waals surface area (Å²) in [7, 11) is 3.81. The quantitative estimate of drug-likeness (QED) is 0.870. The van der Waals surface area contributed by atoms with Crippen molar-refractivity contribution in [3.63, 3.8) is 0 Å². The van der Waals surface area contributed by atoms with E-state index in [9.17, 15) is 9.18 Å². The first-order chi connectivity index (χ1) is 9.97. The van der Waals surface area contributed by atoms with Gasteiger partial charge >= 0.3 is 0 Å². The van der Waals surface area contributed by atoms with Gasteiger partial charge in [0.05, 0.1) is 14.7 Å². The van der Waals surface area contributed by atoms with Crippen LogP contribution in [0.25, 0.3) is 0 Å². The fraction of sp³-hybridized carbons (Fsp3) is 0.267. The number of halogens is 2. The molecule has 1 unspecified atom stereocenters. The Kier molecular flexibility index (Phi) is 5.50. The van der Waals surface area contributed by atoms with E-state index in [-0.39, 0.29) is 17.8 Å². The highest BCUT2D eigenvalue weighted by Crippen LogP contribution is 2.22. The monoisotopic (exact) mass is 370 g/mol. The van der Waals surface area contributed by atoms with Crippen molar-refractivity contribution in [1.29, 1.82) is 0 Å². The van der Waals surface area contributed by atoms with Crippen molar-refractivity contribution in [2.24, 2.45) is 0 Å². The molecule has 0 fully saturated rings. The lowest BCUT2D eigenvalue weighted by Crippen LogP contribution is -2.34. The molecule has 2 aromatic rings. The number of nitrogens with one attached hydrogen (secondary N) is 1. The summed E-state index contributed by atoms with van der Waals surface area (Å²) in [4.78, 5) is 14.7. The average Bonchev–Trinajstić information content (AvgIpc) is 2.85. The summed E-state index contributed by atoms with van der Waals surface area (Å²) >= 11 is 4.72. The zero-order valence-electron chi connectivity index (χ0n) is 11.8. The van der Waals surface area contributed by atoms with Gasteiger partial charge in [0.1, 0.15) is 5.82 Å². The van der Waals surface area contributed by atoms with E-state index in [2.05, 4.69) is 21.2 Å². The first kappa shape index (κ1) is 16.1. The van der Waals surface area contributed by atoms with Crippen LogP contribution in [0.2, 0.25) is 0 Å². The maximum Gasteiger partial charge on any atom is 0.261 e. The van der Waals surface area contributed by atoms with E-state index in [4.69, 9.17) is 0 Å². The molecule has 1 N–H and O–H groups in total. The van der Waals surface area contributed by atoms with E-state index < -0.39 is 0 Å². The van der Waals surface area contributed by atoms with Crippen LogP contribution in [0.5, 0.6) is 0 Å². The van der Waals surface area contributed by atoms with Crippen LogP contribution in [0.4, 0.5) is 4.39 Å². The number of thiophene rings is 1. The highest BCUT2D eigenvalue weighted by atomic mass is 79.9. The van der Waals surface area contributed by atoms with E-state index >= 15 is 0 Å². The van der Waals surface area contributed by atoms with Crippen molar-refractivity contribution >= 4 is 33.2 Å². The number of amides is 1. The van der Waals surface area contributed by atoms with Crippen LogP contribution in [-0.4, -0.2) is 31.4 Å². The van der Waals surface area contributed by atoms with Gasteiger partial charge in [-0.2, -0.15) is 0 Å². The third-order valence-electron chi connectivity index (χ3n) is 3.11. The standard InChI is InChI=1S/C15H16BrFN2OS/c1-19(2)12(10-4-3-5-11(17)8-10)9-18-15(20)13-6-7-14(16)21-13/h3-8,12H,9H2,1-2H3,(H,18,20). The molecule has 0 aliphatic carbocycles. The lowest BCUT2D eigenvalue weighted by molar-refractivity contribution is 0.0946. The Hall–Kier alpha value is -1.24. The molecule has 0 saturated heterocycles. The Morgan fingerprint density at radius 2 is 2.14 bits per heavy atom. The maximum atomic E-state index is 13.3. The number of carbonyl (C=O) groups excluding carboxylic acids is 1. The van der Waals surface area contributed by atoms with Gasteiger partial charge < -0.3 is 10.2 Å². The van der Waals surface area contributed by atoms with Crippen LogP contribution in [-0.2, 0) is 0 Å². The van der Waals surface area contributed by atoms with Crippen molar-refractivity contribution in [3.05, 3.63) is 56.4 Å². The van der Waals surface area contributed by atoms with Gasteiger partial charge in [-0.15, -0.1) is 11.3 Å². The van der Waals surface area contributed by atoms with Crippen LogP contribution >= 0.6 is 27.3 Å². The predicted octanol–water partition coefficient (Wildman–Crippen LogP) is 3.68. The second-order valence-electron chi connectivity index (χ2n) is 4.85. The number of benzene rings is 1. The molecule has 0 spiro atoms. The van der Waals surface area contributed by atoms with Crippen LogP contribution in [0.3, 0.4) is 0 Å². The molecule has 1 aromatic heterocycles. The van der Waals surface area contributed by atoms with E-state index in [1.54, 1.807) is 12.1 Å². The number of nitrogens with zero attached hydrogens (tertiary/aromatic N) is 1. The largest absolute Gasteiger partial charge is 0.349 e.